The van der Waals surface area contributed by atoms with Gasteiger partial charge >= 0.3 is 0 Å². The molecular weight excluding hydrogens is 494 g/mol. The van der Waals surface area contributed by atoms with Gasteiger partial charge in [-0.3, -0.25) is 0 Å². The fraction of sp³-hybridized carbons (Fsp3) is 1.00. The molecule has 0 aromatic carbocycles. The molecule has 0 N–H and O–H groups in total. The molecule has 0 saturated heterocycles. The normalized spacial score (nSPS) is 40.3. The summed E-state index contributed by atoms with van der Waals surface area (Å²) in [5, 5.41) is 0. The van der Waals surface area contributed by atoms with Crippen molar-refractivity contribution in [3.8, 4) is 0 Å². The van der Waals surface area contributed by atoms with E-state index in [1.807, 2.05) is 0 Å². The van der Waals surface area contributed by atoms with Crippen molar-refractivity contribution in [2.24, 2.45) is 23.7 Å². The molecule has 0 radical (unpaired) electrons. The first kappa shape index (κ1) is 31.8. The summed E-state index contributed by atoms with van der Waals surface area (Å²) >= 11 is 0. The van der Waals surface area contributed by atoms with Crippen LogP contribution in [0.25, 0.3) is 0 Å². The predicted molar refractivity (Wildman–Crippen MR) is 177 cm³/mol. The zero-order valence-electron chi connectivity index (χ0n) is 26.8. The Kier molecular flexibility index (Phi) is 13.3. The number of hydrogen-bond acceptors (Lipinski definition) is 0. The predicted octanol–water partition coefficient (Wildman–Crippen LogP) is 12.6. The molecule has 0 nitrogen and oxygen atoms in total. The van der Waals surface area contributed by atoms with Crippen molar-refractivity contribution < 1.29 is 0 Å². The van der Waals surface area contributed by atoms with Gasteiger partial charge in [-0.05, 0) is 160 Å². The van der Waals surface area contributed by atoms with Crippen molar-refractivity contribution in [2.75, 3.05) is 0 Å². The molecule has 2 atom stereocenters. The first-order chi connectivity index (χ1) is 18.5. The van der Waals surface area contributed by atoms with Crippen LogP contribution in [0.15, 0.2) is 0 Å². The standard InChI is InChI=1S/C36H68P2/c1-7-29-11-19-33(20-12-29)37(34-21-13-30(8-2)14-22-34)27(5)28(6)38(35-23-15-31(9-3)16-24-35)36-25-17-32(10-4)18-26-36/h27-36H,7-26H2,1-6H3. The van der Waals surface area contributed by atoms with Gasteiger partial charge in [-0.25, -0.2) is 0 Å². The molecule has 4 aliphatic rings. The lowest BCUT2D eigenvalue weighted by atomic mass is 9.87. The highest BCUT2D eigenvalue weighted by atomic mass is 31.1. The molecule has 38 heavy (non-hydrogen) atoms. The quantitative estimate of drug-likeness (QED) is 0.220. The Morgan fingerprint density at radius 1 is 0.368 bits per heavy atom. The average Bonchev–Trinajstić information content (AvgIpc) is 2.98. The first-order valence-electron chi connectivity index (χ1n) is 18.0. The molecule has 2 heteroatoms. The van der Waals surface area contributed by atoms with Gasteiger partial charge in [0, 0.05) is 0 Å². The Labute approximate surface area is 242 Å². The molecule has 0 aromatic rings. The maximum absolute atomic E-state index is 2.85. The van der Waals surface area contributed by atoms with Crippen LogP contribution in [0.2, 0.25) is 0 Å². The maximum atomic E-state index is 2.85. The van der Waals surface area contributed by atoms with Gasteiger partial charge in [0.25, 0.3) is 0 Å². The minimum Gasteiger partial charge on any atom is -0.0968 e. The summed E-state index contributed by atoms with van der Waals surface area (Å²) in [6.07, 6.45) is 30.9. The summed E-state index contributed by atoms with van der Waals surface area (Å²) in [5.41, 5.74) is 6.48. The second-order valence-electron chi connectivity index (χ2n) is 14.7. The summed E-state index contributed by atoms with van der Waals surface area (Å²) < 4.78 is 0. The molecule has 0 amide bonds. The van der Waals surface area contributed by atoms with Gasteiger partial charge < -0.3 is 0 Å². The van der Waals surface area contributed by atoms with E-state index in [0.717, 1.165) is 57.6 Å². The van der Waals surface area contributed by atoms with Crippen LogP contribution in [0.4, 0.5) is 0 Å². The van der Waals surface area contributed by atoms with E-state index in [0.29, 0.717) is 0 Å². The SMILES string of the molecule is CCC1CCC(P(C2CCC(CC)CC2)C(C)C(C)P(C2CCC(CC)CC2)C2CCC(CC)CC2)CC1. The van der Waals surface area contributed by atoms with Crippen LogP contribution in [0.1, 0.15) is 170 Å². The van der Waals surface area contributed by atoms with E-state index in [1.54, 1.807) is 103 Å². The molecule has 0 aliphatic heterocycles. The third-order valence-electron chi connectivity index (χ3n) is 12.9. The molecule has 0 bridgehead atoms. The summed E-state index contributed by atoms with van der Waals surface area (Å²) in [6, 6.07) is 0. The lowest BCUT2D eigenvalue weighted by molar-refractivity contribution is 0.337. The fourth-order valence-electron chi connectivity index (χ4n) is 9.83. The average molecular weight is 563 g/mol. The smallest absolute Gasteiger partial charge is 0.0167 e. The van der Waals surface area contributed by atoms with Gasteiger partial charge in [0.1, 0.15) is 0 Å². The first-order valence-corrected chi connectivity index (χ1v) is 21.1. The van der Waals surface area contributed by atoms with Crippen molar-refractivity contribution in [3.05, 3.63) is 0 Å². The summed E-state index contributed by atoms with van der Waals surface area (Å²) in [5.74, 6) is 4.19. The van der Waals surface area contributed by atoms with Crippen molar-refractivity contribution in [1.82, 2.24) is 0 Å². The van der Waals surface area contributed by atoms with E-state index in [2.05, 4.69) is 41.5 Å². The van der Waals surface area contributed by atoms with Crippen LogP contribution in [0.5, 0.6) is 0 Å². The van der Waals surface area contributed by atoms with E-state index >= 15 is 0 Å². The van der Waals surface area contributed by atoms with Crippen LogP contribution in [0.3, 0.4) is 0 Å². The van der Waals surface area contributed by atoms with E-state index in [4.69, 9.17) is 0 Å². The van der Waals surface area contributed by atoms with Crippen LogP contribution in [-0.4, -0.2) is 34.0 Å². The van der Waals surface area contributed by atoms with E-state index in [9.17, 15) is 0 Å². The monoisotopic (exact) mass is 562 g/mol. The van der Waals surface area contributed by atoms with Crippen molar-refractivity contribution in [3.63, 3.8) is 0 Å². The maximum Gasteiger partial charge on any atom is -0.0167 e. The third kappa shape index (κ3) is 8.02. The lowest BCUT2D eigenvalue weighted by Gasteiger charge is -2.50. The van der Waals surface area contributed by atoms with Gasteiger partial charge in [-0.1, -0.05) is 83.1 Å². The van der Waals surface area contributed by atoms with Crippen molar-refractivity contribution in [2.45, 2.75) is 204 Å². The molecule has 4 fully saturated rings. The highest BCUT2D eigenvalue weighted by Crippen LogP contribution is 2.68. The van der Waals surface area contributed by atoms with Gasteiger partial charge in [0.15, 0.2) is 0 Å². The lowest BCUT2D eigenvalue weighted by Crippen LogP contribution is -2.36. The van der Waals surface area contributed by atoms with E-state index in [-0.39, 0.29) is 15.8 Å². The van der Waals surface area contributed by atoms with Gasteiger partial charge in [0.2, 0.25) is 0 Å². The molecule has 4 saturated carbocycles. The summed E-state index contributed by atoms with van der Waals surface area (Å²) in [6.45, 7) is 15.5. The Hall–Kier alpha value is 0.860. The molecule has 222 valence electrons. The summed E-state index contributed by atoms with van der Waals surface area (Å²) in [7, 11) is 0.344. The highest BCUT2D eigenvalue weighted by Gasteiger charge is 2.44. The van der Waals surface area contributed by atoms with Gasteiger partial charge in [-0.2, -0.15) is 0 Å². The van der Waals surface area contributed by atoms with Crippen LogP contribution in [0, 0.1) is 23.7 Å². The van der Waals surface area contributed by atoms with Crippen LogP contribution >= 0.6 is 15.8 Å². The van der Waals surface area contributed by atoms with Gasteiger partial charge in [-0.15, -0.1) is 0 Å². The number of rotatable bonds is 11. The van der Waals surface area contributed by atoms with Gasteiger partial charge in [0.05, 0.1) is 0 Å². The zero-order valence-corrected chi connectivity index (χ0v) is 28.6. The number of hydrogen-bond donors (Lipinski definition) is 0. The molecule has 0 spiro atoms. The molecule has 0 aromatic heterocycles. The minimum atomic E-state index is 0.172. The highest BCUT2D eigenvalue weighted by molar-refractivity contribution is 7.64. The zero-order chi connectivity index (χ0) is 27.1. The molecule has 0 heterocycles. The molecule has 4 rings (SSSR count). The Bertz CT molecular complexity index is 526. The van der Waals surface area contributed by atoms with E-state index < -0.39 is 0 Å². The topological polar surface area (TPSA) is 0 Å². The minimum absolute atomic E-state index is 0.172. The third-order valence-corrected chi connectivity index (χ3v) is 21.3. The van der Waals surface area contributed by atoms with Crippen LogP contribution in [-0.2, 0) is 0 Å². The fourth-order valence-corrected chi connectivity index (χ4v) is 19.2. The summed E-state index contributed by atoms with van der Waals surface area (Å²) in [4.78, 5) is 0. The largest absolute Gasteiger partial charge is 0.0968 e. The Morgan fingerprint density at radius 3 is 0.711 bits per heavy atom. The molecular formula is C36H68P2. The Morgan fingerprint density at radius 2 is 0.553 bits per heavy atom. The molecule has 4 aliphatic carbocycles. The van der Waals surface area contributed by atoms with E-state index in [1.165, 1.54) is 25.7 Å². The second kappa shape index (κ2) is 15.9. The Balaban J connectivity index is 1.53. The molecule has 2 unspecified atom stereocenters. The van der Waals surface area contributed by atoms with Crippen LogP contribution < -0.4 is 0 Å². The van der Waals surface area contributed by atoms with Crippen molar-refractivity contribution in [1.29, 1.82) is 0 Å². The second-order valence-corrected chi connectivity index (χ2v) is 21.0. The van der Waals surface area contributed by atoms with Crippen molar-refractivity contribution >= 4 is 15.8 Å².